The van der Waals surface area contributed by atoms with Crippen molar-refractivity contribution in [3.8, 4) is 0 Å². The topological polar surface area (TPSA) is 68.0 Å². The summed E-state index contributed by atoms with van der Waals surface area (Å²) < 4.78 is 1.85. The molecular weight excluding hydrogens is 230 g/mol. The van der Waals surface area contributed by atoms with E-state index in [0.717, 1.165) is 18.5 Å². The van der Waals surface area contributed by atoms with Gasteiger partial charge in [-0.25, -0.2) is 9.48 Å². The molecule has 1 aliphatic carbocycles. The zero-order valence-corrected chi connectivity index (χ0v) is 10.3. The van der Waals surface area contributed by atoms with Crippen molar-refractivity contribution in [3.05, 3.63) is 23.8 Å². The van der Waals surface area contributed by atoms with Crippen molar-refractivity contribution in [2.45, 2.75) is 32.7 Å². The molecule has 1 heterocycles. The summed E-state index contributed by atoms with van der Waals surface area (Å²) >= 11 is 0. The van der Waals surface area contributed by atoms with Gasteiger partial charge in [0.25, 0.3) is 0 Å². The van der Waals surface area contributed by atoms with Crippen molar-refractivity contribution in [3.63, 3.8) is 0 Å². The molecular formula is C13H15N3O2. The van der Waals surface area contributed by atoms with Crippen molar-refractivity contribution in [1.29, 1.82) is 0 Å². The lowest BCUT2D eigenvalue weighted by molar-refractivity contribution is 0.0699. The minimum atomic E-state index is -0.954. The van der Waals surface area contributed by atoms with Gasteiger partial charge in [-0.05, 0) is 36.8 Å². The number of aromatic nitrogens is 3. The molecule has 0 bridgehead atoms. The molecule has 1 fully saturated rings. The summed E-state index contributed by atoms with van der Waals surface area (Å²) in [5, 5.41) is 17.2. The average Bonchev–Trinajstić information content (AvgIpc) is 3.03. The Morgan fingerprint density at radius 2 is 2.28 bits per heavy atom. The number of hydrogen-bond acceptors (Lipinski definition) is 3. The summed E-state index contributed by atoms with van der Waals surface area (Å²) in [6, 6.07) is 5.20. The second kappa shape index (κ2) is 3.80. The molecule has 5 heteroatoms. The van der Waals surface area contributed by atoms with Crippen LogP contribution in [0.1, 0.15) is 36.5 Å². The Labute approximate surface area is 104 Å². The van der Waals surface area contributed by atoms with Crippen LogP contribution in [-0.2, 0) is 6.54 Å². The number of carbonyl (C=O) groups is 1. The van der Waals surface area contributed by atoms with Crippen LogP contribution in [0.2, 0.25) is 0 Å². The molecule has 0 radical (unpaired) electrons. The molecule has 0 spiro atoms. The number of nitrogens with zero attached hydrogens (tertiary/aromatic N) is 3. The van der Waals surface area contributed by atoms with E-state index < -0.39 is 5.97 Å². The van der Waals surface area contributed by atoms with Gasteiger partial charge in [0.1, 0.15) is 5.52 Å². The molecule has 0 amide bonds. The first-order valence-electron chi connectivity index (χ1n) is 6.21. The molecule has 1 aliphatic rings. The van der Waals surface area contributed by atoms with E-state index in [0.29, 0.717) is 10.9 Å². The van der Waals surface area contributed by atoms with Crippen molar-refractivity contribution in [2.24, 2.45) is 5.41 Å². The number of rotatable bonds is 4. The Balaban J connectivity index is 2.04. The van der Waals surface area contributed by atoms with Crippen LogP contribution >= 0.6 is 0 Å². The lowest BCUT2D eigenvalue weighted by atomic mass is 10.0. The molecule has 0 saturated heterocycles. The highest BCUT2D eigenvalue weighted by molar-refractivity contribution is 6.00. The van der Waals surface area contributed by atoms with Gasteiger partial charge >= 0.3 is 5.97 Å². The first-order valence-corrected chi connectivity index (χ1v) is 6.21. The highest BCUT2D eigenvalue weighted by atomic mass is 16.4. The fourth-order valence-electron chi connectivity index (χ4n) is 2.40. The van der Waals surface area contributed by atoms with Gasteiger partial charge in [-0.3, -0.25) is 0 Å². The maximum atomic E-state index is 11.1. The molecule has 1 N–H and O–H groups in total. The number of carboxylic acid groups (broad SMARTS) is 1. The second-order valence-electron chi connectivity index (χ2n) is 5.08. The summed E-state index contributed by atoms with van der Waals surface area (Å²) in [6.07, 6.45) is 3.58. The number of carboxylic acids is 1. The van der Waals surface area contributed by atoms with Gasteiger partial charge in [0.2, 0.25) is 0 Å². The van der Waals surface area contributed by atoms with Crippen LogP contribution in [0, 0.1) is 5.41 Å². The average molecular weight is 245 g/mol. The van der Waals surface area contributed by atoms with Crippen LogP contribution < -0.4 is 0 Å². The van der Waals surface area contributed by atoms with Gasteiger partial charge in [0.05, 0.1) is 11.1 Å². The molecule has 18 heavy (non-hydrogen) atoms. The molecule has 2 aromatic rings. The third-order valence-electron chi connectivity index (χ3n) is 3.97. The first kappa shape index (κ1) is 11.2. The van der Waals surface area contributed by atoms with Gasteiger partial charge in [0, 0.05) is 6.54 Å². The number of aromatic carboxylic acids is 1. The zero-order valence-electron chi connectivity index (χ0n) is 10.3. The molecule has 94 valence electrons. The van der Waals surface area contributed by atoms with E-state index in [4.69, 9.17) is 5.11 Å². The van der Waals surface area contributed by atoms with Crippen molar-refractivity contribution < 1.29 is 9.90 Å². The standard InChI is InChI=1S/C13H15N3O2/c1-2-13(6-7-13)8-16-10-5-3-4-9(12(17)18)11(10)14-15-16/h3-5H,2,6-8H2,1H3,(H,17,18). The molecule has 0 unspecified atom stereocenters. The van der Waals surface area contributed by atoms with Crippen LogP contribution in [0.3, 0.4) is 0 Å². The Bertz CT molecular complexity index is 614. The summed E-state index contributed by atoms with van der Waals surface area (Å²) in [5.74, 6) is -0.954. The number of benzene rings is 1. The lowest BCUT2D eigenvalue weighted by Crippen LogP contribution is -2.12. The zero-order chi connectivity index (χ0) is 12.8. The van der Waals surface area contributed by atoms with E-state index in [-0.39, 0.29) is 5.56 Å². The van der Waals surface area contributed by atoms with E-state index in [9.17, 15) is 4.79 Å². The second-order valence-corrected chi connectivity index (χ2v) is 5.08. The molecule has 1 aromatic heterocycles. The molecule has 1 aromatic carbocycles. The monoisotopic (exact) mass is 245 g/mol. The smallest absolute Gasteiger partial charge is 0.338 e. The predicted octanol–water partition coefficient (Wildman–Crippen LogP) is 2.32. The van der Waals surface area contributed by atoms with Gasteiger partial charge in [-0.1, -0.05) is 18.2 Å². The maximum absolute atomic E-state index is 11.1. The van der Waals surface area contributed by atoms with Crippen LogP contribution in [0.15, 0.2) is 18.2 Å². The molecule has 1 saturated carbocycles. The number of fused-ring (bicyclic) bond motifs is 1. The van der Waals surface area contributed by atoms with Crippen molar-refractivity contribution >= 4 is 17.0 Å². The van der Waals surface area contributed by atoms with Gasteiger partial charge in [-0.2, -0.15) is 0 Å². The molecule has 5 nitrogen and oxygen atoms in total. The van der Waals surface area contributed by atoms with E-state index in [1.54, 1.807) is 12.1 Å². The Hall–Kier alpha value is -1.91. The fraction of sp³-hybridized carbons (Fsp3) is 0.462. The normalized spacial score (nSPS) is 16.9. The minimum absolute atomic E-state index is 0.222. The summed E-state index contributed by atoms with van der Waals surface area (Å²) in [6.45, 7) is 3.03. The SMILES string of the molecule is CCC1(Cn2nnc3c(C(=O)O)cccc32)CC1. The van der Waals surface area contributed by atoms with Gasteiger partial charge in [0.15, 0.2) is 0 Å². The predicted molar refractivity (Wildman–Crippen MR) is 66.4 cm³/mol. The summed E-state index contributed by atoms with van der Waals surface area (Å²) in [4.78, 5) is 11.1. The van der Waals surface area contributed by atoms with E-state index in [1.807, 2.05) is 10.7 Å². The first-order chi connectivity index (χ1) is 8.65. The lowest BCUT2D eigenvalue weighted by Gasteiger charge is -2.12. The Morgan fingerprint density at radius 3 is 2.89 bits per heavy atom. The third-order valence-corrected chi connectivity index (χ3v) is 3.97. The minimum Gasteiger partial charge on any atom is -0.478 e. The maximum Gasteiger partial charge on any atom is 0.338 e. The van der Waals surface area contributed by atoms with E-state index in [2.05, 4.69) is 17.2 Å². The summed E-state index contributed by atoms with van der Waals surface area (Å²) in [5.41, 5.74) is 1.88. The van der Waals surface area contributed by atoms with Gasteiger partial charge in [-0.15, -0.1) is 5.10 Å². The largest absolute Gasteiger partial charge is 0.478 e. The van der Waals surface area contributed by atoms with Gasteiger partial charge < -0.3 is 5.11 Å². The molecule has 3 rings (SSSR count). The highest BCUT2D eigenvalue weighted by Gasteiger charge is 2.41. The van der Waals surface area contributed by atoms with Crippen molar-refractivity contribution in [1.82, 2.24) is 15.0 Å². The summed E-state index contributed by atoms with van der Waals surface area (Å²) in [7, 11) is 0. The molecule has 0 atom stereocenters. The van der Waals surface area contributed by atoms with Crippen LogP contribution in [0.5, 0.6) is 0 Å². The van der Waals surface area contributed by atoms with Crippen LogP contribution in [-0.4, -0.2) is 26.1 Å². The van der Waals surface area contributed by atoms with Crippen LogP contribution in [0.4, 0.5) is 0 Å². The quantitative estimate of drug-likeness (QED) is 0.897. The van der Waals surface area contributed by atoms with Crippen LogP contribution in [0.25, 0.3) is 11.0 Å². The van der Waals surface area contributed by atoms with E-state index >= 15 is 0 Å². The third kappa shape index (κ3) is 1.66. The van der Waals surface area contributed by atoms with Crippen molar-refractivity contribution in [2.75, 3.05) is 0 Å². The highest BCUT2D eigenvalue weighted by Crippen LogP contribution is 2.50. The Morgan fingerprint density at radius 1 is 1.50 bits per heavy atom. The molecule has 0 aliphatic heterocycles. The van der Waals surface area contributed by atoms with E-state index in [1.165, 1.54) is 12.8 Å². The number of hydrogen-bond donors (Lipinski definition) is 1. The fourth-order valence-corrected chi connectivity index (χ4v) is 2.40. The Kier molecular flexibility index (Phi) is 2.36.